The molecule has 4 aromatic carbocycles. The molecule has 51 heavy (non-hydrogen) atoms. The first-order valence-electron chi connectivity index (χ1n) is 15.0. The number of amides is 6. The fourth-order valence-corrected chi connectivity index (χ4v) is 5.17. The summed E-state index contributed by atoms with van der Waals surface area (Å²) in [5, 5.41) is 11.3. The van der Waals surface area contributed by atoms with Crippen LogP contribution in [0.15, 0.2) is 136 Å². The van der Waals surface area contributed by atoms with Crippen molar-refractivity contribution >= 4 is 47.6 Å². The normalized spacial score (nSPS) is 12.9. The molecule has 0 radical (unpaired) electrons. The van der Waals surface area contributed by atoms with E-state index in [2.05, 4.69) is 0 Å². The molecular formula is C37H22N4O10. The molecule has 0 spiro atoms. The van der Waals surface area contributed by atoms with Gasteiger partial charge in [-0.05, 0) is 54.6 Å². The molecule has 14 nitrogen and oxygen atoms in total. The van der Waals surface area contributed by atoms with Gasteiger partial charge in [0, 0.05) is 22.3 Å². The van der Waals surface area contributed by atoms with Crippen LogP contribution in [-0.2, 0) is 9.59 Å². The van der Waals surface area contributed by atoms with Crippen LogP contribution in [-0.4, -0.2) is 65.5 Å². The second-order valence-electron chi connectivity index (χ2n) is 10.8. The van der Waals surface area contributed by atoms with Gasteiger partial charge in [0.15, 0.2) is 0 Å². The minimum Gasteiger partial charge on any atom is -0.493 e. The number of carbonyl (C=O) groups is 7. The molecule has 6 rings (SSSR count). The number of benzene rings is 4. The maximum Gasteiger partial charge on any atom is 0.348 e. The zero-order valence-electron chi connectivity index (χ0n) is 26.0. The second kappa shape index (κ2) is 13.5. The van der Waals surface area contributed by atoms with Gasteiger partial charge in [-0.2, -0.15) is 18.9 Å². The van der Waals surface area contributed by atoms with Gasteiger partial charge in [-0.1, -0.05) is 72.8 Å². The number of barbiturate groups is 1. The van der Waals surface area contributed by atoms with Crippen LogP contribution < -0.4 is 11.2 Å². The Morgan fingerprint density at radius 2 is 0.804 bits per heavy atom. The lowest BCUT2D eigenvalue weighted by atomic mass is 10.0. The molecule has 0 bridgehead atoms. The zero-order valence-corrected chi connectivity index (χ0v) is 26.0. The highest BCUT2D eigenvalue weighted by atomic mass is 16.3. The summed E-state index contributed by atoms with van der Waals surface area (Å²) >= 11 is 0. The van der Waals surface area contributed by atoms with Crippen LogP contribution in [0.5, 0.6) is 5.88 Å². The molecule has 1 aliphatic heterocycles. The summed E-state index contributed by atoms with van der Waals surface area (Å²) < 4.78 is 0.109. The van der Waals surface area contributed by atoms with Crippen LogP contribution >= 0.6 is 0 Å². The Morgan fingerprint density at radius 1 is 0.471 bits per heavy atom. The Labute approximate surface area is 286 Å². The maximum absolute atomic E-state index is 13.9. The third kappa shape index (κ3) is 5.89. The van der Waals surface area contributed by atoms with Crippen LogP contribution in [0.3, 0.4) is 0 Å². The Hall–Kier alpha value is -7.61. The van der Waals surface area contributed by atoms with Gasteiger partial charge >= 0.3 is 11.7 Å². The lowest BCUT2D eigenvalue weighted by Gasteiger charge is -2.31. The largest absolute Gasteiger partial charge is 0.493 e. The molecule has 1 saturated heterocycles. The van der Waals surface area contributed by atoms with Gasteiger partial charge in [0.25, 0.3) is 41.0 Å². The molecule has 1 fully saturated rings. The van der Waals surface area contributed by atoms with Crippen LogP contribution in [0.4, 0.5) is 4.79 Å². The first kappa shape index (κ1) is 33.3. The van der Waals surface area contributed by atoms with Gasteiger partial charge in [0.05, 0.1) is 0 Å². The standard InChI is InChI=1S/C37H22N4O10/c42-28(22-13-5-1-6-14-22)38-32(46)26(33(47)39(36(38)50)29(43)23-15-7-2-8-16-23)21-27-34(48)40(30(44)24-17-9-3-10-18-24)37(51)41(35(27)49)31(45)25-19-11-4-12-20-25/h1-21,46H. The van der Waals surface area contributed by atoms with Crippen molar-refractivity contribution in [3.05, 3.63) is 176 Å². The van der Waals surface area contributed by atoms with E-state index in [1.165, 1.54) is 97.1 Å². The summed E-state index contributed by atoms with van der Waals surface area (Å²) in [6.45, 7) is 0. The van der Waals surface area contributed by atoms with Crippen molar-refractivity contribution < 1.29 is 38.7 Å². The van der Waals surface area contributed by atoms with E-state index in [-0.39, 0.29) is 41.2 Å². The van der Waals surface area contributed by atoms with Crippen molar-refractivity contribution in [2.75, 3.05) is 0 Å². The summed E-state index contributed by atoms with van der Waals surface area (Å²) in [5.41, 5.74) is -6.17. The molecule has 0 unspecified atom stereocenters. The molecule has 0 aliphatic carbocycles. The maximum atomic E-state index is 13.9. The fourth-order valence-electron chi connectivity index (χ4n) is 5.17. The van der Waals surface area contributed by atoms with E-state index in [9.17, 15) is 48.3 Å². The number of carbonyl (C=O) groups excluding carboxylic acids is 7. The van der Waals surface area contributed by atoms with Crippen molar-refractivity contribution in [3.8, 4) is 5.88 Å². The van der Waals surface area contributed by atoms with Crippen LogP contribution in [0, 0.1) is 0 Å². The number of nitrogens with zero attached hydrogens (tertiary/aromatic N) is 4. The highest BCUT2D eigenvalue weighted by Gasteiger charge is 2.49. The third-order valence-electron chi connectivity index (χ3n) is 7.70. The van der Waals surface area contributed by atoms with Crippen LogP contribution in [0.1, 0.15) is 47.0 Å². The molecule has 5 aromatic rings. The Morgan fingerprint density at radius 3 is 1.18 bits per heavy atom. The molecule has 14 heteroatoms. The van der Waals surface area contributed by atoms with E-state index >= 15 is 0 Å². The van der Waals surface area contributed by atoms with Crippen molar-refractivity contribution in [2.45, 2.75) is 0 Å². The monoisotopic (exact) mass is 682 g/mol. The number of aromatic nitrogens is 2. The van der Waals surface area contributed by atoms with Crippen LogP contribution in [0.2, 0.25) is 0 Å². The van der Waals surface area contributed by atoms with Gasteiger partial charge in [-0.15, -0.1) is 0 Å². The molecule has 0 atom stereocenters. The molecule has 250 valence electrons. The van der Waals surface area contributed by atoms with E-state index in [4.69, 9.17) is 0 Å². The summed E-state index contributed by atoms with van der Waals surface area (Å²) in [4.78, 5) is 123. The summed E-state index contributed by atoms with van der Waals surface area (Å²) in [5.74, 6) is -9.54. The molecular weight excluding hydrogens is 660 g/mol. The highest BCUT2D eigenvalue weighted by molar-refractivity contribution is 6.40. The van der Waals surface area contributed by atoms with Crippen molar-refractivity contribution in [1.82, 2.24) is 18.9 Å². The van der Waals surface area contributed by atoms with Gasteiger partial charge < -0.3 is 5.11 Å². The number of rotatable bonds is 5. The van der Waals surface area contributed by atoms with Gasteiger partial charge in [0.2, 0.25) is 5.88 Å². The van der Waals surface area contributed by atoms with E-state index in [0.717, 1.165) is 0 Å². The second-order valence-corrected chi connectivity index (χ2v) is 10.8. The Balaban J connectivity index is 1.61. The summed E-state index contributed by atoms with van der Waals surface area (Å²) in [6, 6.07) is 26.2. The van der Waals surface area contributed by atoms with Gasteiger partial charge in [-0.3, -0.25) is 33.6 Å². The van der Waals surface area contributed by atoms with E-state index in [0.29, 0.717) is 6.08 Å². The predicted molar refractivity (Wildman–Crippen MR) is 178 cm³/mol. The van der Waals surface area contributed by atoms with Crippen molar-refractivity contribution in [2.24, 2.45) is 0 Å². The lowest BCUT2D eigenvalue weighted by Crippen LogP contribution is -2.60. The van der Waals surface area contributed by atoms with Gasteiger partial charge in [0.1, 0.15) is 11.1 Å². The van der Waals surface area contributed by atoms with Gasteiger partial charge in [-0.25, -0.2) is 9.59 Å². The molecule has 1 aliphatic rings. The first-order chi connectivity index (χ1) is 24.5. The highest BCUT2D eigenvalue weighted by Crippen LogP contribution is 2.26. The van der Waals surface area contributed by atoms with Crippen molar-refractivity contribution in [3.63, 3.8) is 0 Å². The quantitative estimate of drug-likeness (QED) is 0.164. The van der Waals surface area contributed by atoms with E-state index < -0.39 is 69.7 Å². The van der Waals surface area contributed by atoms with Crippen molar-refractivity contribution in [1.29, 1.82) is 0 Å². The zero-order chi connectivity index (χ0) is 36.4. The SMILES string of the molecule is O=C1C(=Cc2c(O)n(C(=O)c3ccccc3)c(=O)n(C(=O)c3ccccc3)c2=O)C(=O)N(C(=O)c2ccccc2)C(=O)N1C(=O)c1ccccc1. The fraction of sp³-hybridized carbons (Fsp3) is 0. The average Bonchev–Trinajstić information content (AvgIpc) is 3.15. The minimum atomic E-state index is -1.63. The Kier molecular flexibility index (Phi) is 8.80. The molecule has 2 heterocycles. The number of aromatic hydroxyl groups is 1. The predicted octanol–water partition coefficient (Wildman–Crippen LogP) is 2.95. The number of hydrogen-bond acceptors (Lipinski definition) is 10. The minimum absolute atomic E-state index is 0.000744. The van der Waals surface area contributed by atoms with Crippen LogP contribution in [0.25, 0.3) is 6.08 Å². The van der Waals surface area contributed by atoms with E-state index in [1.807, 2.05) is 0 Å². The number of hydrogen-bond donors (Lipinski definition) is 1. The third-order valence-corrected chi connectivity index (χ3v) is 7.70. The smallest absolute Gasteiger partial charge is 0.348 e. The molecule has 1 N–H and O–H groups in total. The Bertz CT molecular complexity index is 2360. The first-order valence-corrected chi connectivity index (χ1v) is 15.0. The molecule has 6 amide bonds. The summed E-state index contributed by atoms with van der Waals surface area (Å²) in [6.07, 6.45) is 0.411. The number of urea groups is 1. The lowest BCUT2D eigenvalue weighted by molar-refractivity contribution is -0.132. The summed E-state index contributed by atoms with van der Waals surface area (Å²) in [7, 11) is 0. The average molecular weight is 683 g/mol. The topological polar surface area (TPSA) is 190 Å². The number of imide groups is 6. The molecule has 0 saturated carbocycles. The molecule has 1 aromatic heterocycles. The van der Waals surface area contributed by atoms with E-state index in [1.54, 1.807) is 24.3 Å².